The number of carbonyl (C=O) groups excluding carboxylic acids is 1. The molecule has 0 atom stereocenters. The van der Waals surface area contributed by atoms with Crippen LogP contribution in [0.4, 0.5) is 0 Å². The molecule has 118 valence electrons. The fourth-order valence-electron chi connectivity index (χ4n) is 1.71. The first kappa shape index (κ1) is 18.1. The van der Waals surface area contributed by atoms with E-state index < -0.39 is 5.41 Å². The summed E-state index contributed by atoms with van der Waals surface area (Å²) in [5.41, 5.74) is 0.442. The summed E-state index contributed by atoms with van der Waals surface area (Å²) in [7, 11) is 0. The first-order chi connectivity index (χ1) is 9.90. The highest BCUT2D eigenvalue weighted by Crippen LogP contribution is 2.24. The van der Waals surface area contributed by atoms with Crippen LogP contribution in [0.5, 0.6) is 5.75 Å². The number of carbonyl (C=O) groups is 1. The number of amides is 1. The third-order valence-corrected chi connectivity index (χ3v) is 4.02. The molecule has 1 aromatic carbocycles. The minimum absolute atomic E-state index is 0.0458. The molecule has 0 heterocycles. The van der Waals surface area contributed by atoms with E-state index in [0.29, 0.717) is 30.5 Å². The molecule has 1 amide bonds. The highest BCUT2D eigenvalue weighted by atomic mass is 35.5. The van der Waals surface area contributed by atoms with Gasteiger partial charge in [0.15, 0.2) is 0 Å². The minimum atomic E-state index is -0.558. The molecule has 0 bridgehead atoms. The van der Waals surface area contributed by atoms with Gasteiger partial charge < -0.3 is 10.1 Å². The lowest BCUT2D eigenvalue weighted by Gasteiger charge is -2.20. The molecule has 21 heavy (non-hydrogen) atoms. The molecular formula is C16H23Cl2NO2. The molecule has 0 aliphatic heterocycles. The van der Waals surface area contributed by atoms with Gasteiger partial charge in [-0.15, -0.1) is 11.6 Å². The van der Waals surface area contributed by atoms with Crippen LogP contribution in [0.1, 0.15) is 32.8 Å². The van der Waals surface area contributed by atoms with Gasteiger partial charge in [-0.3, -0.25) is 4.79 Å². The summed E-state index contributed by atoms with van der Waals surface area (Å²) in [6.07, 6.45) is 1.62. The van der Waals surface area contributed by atoms with E-state index >= 15 is 0 Å². The Labute approximate surface area is 137 Å². The normalized spacial score (nSPS) is 11.3. The molecular weight excluding hydrogens is 309 g/mol. The van der Waals surface area contributed by atoms with Gasteiger partial charge in [-0.2, -0.15) is 0 Å². The molecule has 0 unspecified atom stereocenters. The lowest BCUT2D eigenvalue weighted by molar-refractivity contribution is -0.128. The molecule has 3 nitrogen and oxygen atoms in total. The zero-order chi connectivity index (χ0) is 15.9. The standard InChI is InChI=1S/C16H23Cl2NO2/c1-4-9-21-14-6-5-13(18)10-12(14)7-8-19-15(20)16(2,3)11-17/h5-6,10H,4,7-9,11H2,1-3H3,(H,19,20). The van der Waals surface area contributed by atoms with Gasteiger partial charge in [-0.1, -0.05) is 18.5 Å². The Morgan fingerprint density at radius 1 is 1.38 bits per heavy atom. The average Bonchev–Trinajstić information content (AvgIpc) is 2.46. The molecule has 1 rings (SSSR count). The van der Waals surface area contributed by atoms with E-state index in [0.717, 1.165) is 17.7 Å². The highest BCUT2D eigenvalue weighted by Gasteiger charge is 2.25. The van der Waals surface area contributed by atoms with Crippen LogP contribution in [0, 0.1) is 5.41 Å². The van der Waals surface area contributed by atoms with E-state index in [-0.39, 0.29) is 5.91 Å². The lowest BCUT2D eigenvalue weighted by atomic mass is 9.95. The zero-order valence-corrected chi connectivity index (χ0v) is 14.4. The fourth-order valence-corrected chi connectivity index (χ4v) is 2.02. The lowest BCUT2D eigenvalue weighted by Crippen LogP contribution is -2.39. The van der Waals surface area contributed by atoms with Crippen molar-refractivity contribution in [3.63, 3.8) is 0 Å². The summed E-state index contributed by atoms with van der Waals surface area (Å²) in [6, 6.07) is 5.56. The largest absolute Gasteiger partial charge is 0.493 e. The van der Waals surface area contributed by atoms with E-state index in [1.807, 2.05) is 32.0 Å². The quantitative estimate of drug-likeness (QED) is 0.729. The molecule has 0 spiro atoms. The second kappa shape index (κ2) is 8.50. The topological polar surface area (TPSA) is 38.3 Å². The Morgan fingerprint density at radius 3 is 2.71 bits per heavy atom. The van der Waals surface area contributed by atoms with Crippen molar-refractivity contribution in [2.75, 3.05) is 19.0 Å². The van der Waals surface area contributed by atoms with Gasteiger partial charge in [-0.05, 0) is 50.5 Å². The Bertz CT molecular complexity index is 475. The summed E-state index contributed by atoms with van der Waals surface area (Å²) in [4.78, 5) is 12.0. The Kier molecular flexibility index (Phi) is 7.33. The Balaban J connectivity index is 2.62. The van der Waals surface area contributed by atoms with Gasteiger partial charge in [0.25, 0.3) is 0 Å². The molecule has 0 aliphatic rings. The molecule has 1 N–H and O–H groups in total. The molecule has 0 aromatic heterocycles. The van der Waals surface area contributed by atoms with Crippen molar-refractivity contribution in [1.82, 2.24) is 5.32 Å². The fraction of sp³-hybridized carbons (Fsp3) is 0.562. The van der Waals surface area contributed by atoms with Crippen LogP contribution in [-0.4, -0.2) is 24.9 Å². The third-order valence-electron chi connectivity index (χ3n) is 3.11. The average molecular weight is 332 g/mol. The third kappa shape index (κ3) is 5.76. The van der Waals surface area contributed by atoms with Crippen molar-refractivity contribution < 1.29 is 9.53 Å². The van der Waals surface area contributed by atoms with E-state index in [9.17, 15) is 4.79 Å². The second-order valence-corrected chi connectivity index (χ2v) is 6.33. The number of halogens is 2. The predicted octanol–water partition coefficient (Wildman–Crippen LogP) is 4.05. The number of alkyl halides is 1. The van der Waals surface area contributed by atoms with Crippen LogP contribution in [0.3, 0.4) is 0 Å². The predicted molar refractivity (Wildman–Crippen MR) is 88.5 cm³/mol. The number of rotatable bonds is 8. The maximum absolute atomic E-state index is 12.0. The molecule has 0 fully saturated rings. The number of hydrogen-bond donors (Lipinski definition) is 1. The number of benzene rings is 1. The maximum atomic E-state index is 12.0. The first-order valence-electron chi connectivity index (χ1n) is 7.16. The van der Waals surface area contributed by atoms with Gasteiger partial charge >= 0.3 is 0 Å². The van der Waals surface area contributed by atoms with E-state index in [2.05, 4.69) is 12.2 Å². The van der Waals surface area contributed by atoms with Crippen LogP contribution in [0.15, 0.2) is 18.2 Å². The van der Waals surface area contributed by atoms with E-state index in [1.54, 1.807) is 0 Å². The van der Waals surface area contributed by atoms with Gasteiger partial charge in [0.1, 0.15) is 5.75 Å². The summed E-state index contributed by atoms with van der Waals surface area (Å²) >= 11 is 11.8. The molecule has 1 aromatic rings. The number of ether oxygens (including phenoxy) is 1. The molecule has 5 heteroatoms. The van der Waals surface area contributed by atoms with E-state index in [1.165, 1.54) is 0 Å². The van der Waals surface area contributed by atoms with E-state index in [4.69, 9.17) is 27.9 Å². The first-order valence-corrected chi connectivity index (χ1v) is 8.07. The van der Waals surface area contributed by atoms with Crippen molar-refractivity contribution in [3.8, 4) is 5.75 Å². The number of nitrogens with one attached hydrogen (secondary N) is 1. The SMILES string of the molecule is CCCOc1ccc(Cl)cc1CCNC(=O)C(C)(C)CCl. The molecule has 0 saturated heterocycles. The van der Waals surface area contributed by atoms with Gasteiger partial charge in [0, 0.05) is 17.4 Å². The van der Waals surface area contributed by atoms with Crippen LogP contribution in [0.2, 0.25) is 5.02 Å². The Hall–Kier alpha value is -0.930. The second-order valence-electron chi connectivity index (χ2n) is 5.62. The van der Waals surface area contributed by atoms with Gasteiger partial charge in [0.05, 0.1) is 12.0 Å². The summed E-state index contributed by atoms with van der Waals surface area (Å²) in [5.74, 6) is 1.07. The molecule has 0 saturated carbocycles. The maximum Gasteiger partial charge on any atom is 0.226 e. The van der Waals surface area contributed by atoms with Crippen molar-refractivity contribution in [1.29, 1.82) is 0 Å². The van der Waals surface area contributed by atoms with Crippen LogP contribution in [-0.2, 0) is 11.2 Å². The summed E-state index contributed by atoms with van der Waals surface area (Å²) in [6.45, 7) is 6.90. The van der Waals surface area contributed by atoms with Crippen molar-refractivity contribution in [2.45, 2.75) is 33.6 Å². The summed E-state index contributed by atoms with van der Waals surface area (Å²) < 4.78 is 5.69. The van der Waals surface area contributed by atoms with Crippen molar-refractivity contribution in [3.05, 3.63) is 28.8 Å². The van der Waals surface area contributed by atoms with Crippen LogP contribution in [0.25, 0.3) is 0 Å². The summed E-state index contributed by atoms with van der Waals surface area (Å²) in [5, 5.41) is 3.57. The van der Waals surface area contributed by atoms with Crippen molar-refractivity contribution >= 4 is 29.1 Å². The van der Waals surface area contributed by atoms with Gasteiger partial charge in [0.2, 0.25) is 5.91 Å². The number of hydrogen-bond acceptors (Lipinski definition) is 2. The molecule has 0 radical (unpaired) electrons. The van der Waals surface area contributed by atoms with Gasteiger partial charge in [-0.25, -0.2) is 0 Å². The molecule has 0 aliphatic carbocycles. The zero-order valence-electron chi connectivity index (χ0n) is 12.8. The van der Waals surface area contributed by atoms with Crippen LogP contribution >= 0.6 is 23.2 Å². The van der Waals surface area contributed by atoms with Crippen LogP contribution < -0.4 is 10.1 Å². The highest BCUT2D eigenvalue weighted by molar-refractivity contribution is 6.30. The Morgan fingerprint density at radius 2 is 2.10 bits per heavy atom. The van der Waals surface area contributed by atoms with Crippen molar-refractivity contribution in [2.24, 2.45) is 5.41 Å². The smallest absolute Gasteiger partial charge is 0.226 e. The minimum Gasteiger partial charge on any atom is -0.493 e. The monoisotopic (exact) mass is 331 g/mol.